The fourth-order valence-electron chi connectivity index (χ4n) is 3.51. The maximum Gasteiger partial charge on any atom is 0.242 e. The molecule has 0 saturated carbocycles. The molecule has 2 heterocycles. The number of aromatic nitrogens is 1. The van der Waals surface area contributed by atoms with Gasteiger partial charge in [-0.25, -0.2) is 4.98 Å². The number of nitrogens with one attached hydrogen (secondary N) is 1. The smallest absolute Gasteiger partial charge is 0.242 e. The summed E-state index contributed by atoms with van der Waals surface area (Å²) in [5, 5.41) is 4.14. The van der Waals surface area contributed by atoms with Crippen LogP contribution in [0.1, 0.15) is 30.8 Å². The van der Waals surface area contributed by atoms with Crippen LogP contribution in [0.25, 0.3) is 10.2 Å². The maximum absolute atomic E-state index is 12.8. The minimum Gasteiger partial charge on any atom is -0.374 e. The van der Waals surface area contributed by atoms with E-state index >= 15 is 0 Å². The molecule has 1 N–H and O–H groups in total. The van der Waals surface area contributed by atoms with Crippen molar-refractivity contribution in [1.82, 2.24) is 9.88 Å². The SMILES string of the molecule is C[C@H](c1nc2ccccc2s1)N(C)C(=O)CNc1ccccc1N1CCCC1=O. The molecule has 1 fully saturated rings. The van der Waals surface area contributed by atoms with Crippen LogP contribution in [-0.2, 0) is 9.59 Å². The molecule has 6 nitrogen and oxygen atoms in total. The predicted octanol–water partition coefficient (Wildman–Crippen LogP) is 4.05. The van der Waals surface area contributed by atoms with Crippen molar-refractivity contribution < 1.29 is 9.59 Å². The Morgan fingerprint density at radius 3 is 2.76 bits per heavy atom. The molecule has 7 heteroatoms. The first-order chi connectivity index (χ1) is 14.0. The van der Waals surface area contributed by atoms with Gasteiger partial charge in [0.15, 0.2) is 0 Å². The van der Waals surface area contributed by atoms with E-state index in [1.807, 2.05) is 55.5 Å². The molecule has 0 unspecified atom stereocenters. The summed E-state index contributed by atoms with van der Waals surface area (Å²) in [5.41, 5.74) is 2.60. The topological polar surface area (TPSA) is 65.5 Å². The third-order valence-electron chi connectivity index (χ3n) is 5.34. The predicted molar refractivity (Wildman–Crippen MR) is 117 cm³/mol. The van der Waals surface area contributed by atoms with E-state index in [0.717, 1.165) is 39.6 Å². The number of hydrogen-bond donors (Lipinski definition) is 1. The van der Waals surface area contributed by atoms with E-state index in [0.29, 0.717) is 6.42 Å². The molecular weight excluding hydrogens is 384 g/mol. The minimum atomic E-state index is -0.114. The van der Waals surface area contributed by atoms with Gasteiger partial charge in [-0.3, -0.25) is 9.59 Å². The zero-order valence-electron chi connectivity index (χ0n) is 16.6. The van der Waals surface area contributed by atoms with E-state index in [1.165, 1.54) is 0 Å². The van der Waals surface area contributed by atoms with Crippen molar-refractivity contribution in [3.05, 3.63) is 53.5 Å². The van der Waals surface area contributed by atoms with Crippen LogP contribution in [0.2, 0.25) is 0 Å². The number of para-hydroxylation sites is 3. The molecule has 2 aromatic carbocycles. The zero-order valence-corrected chi connectivity index (χ0v) is 17.4. The molecule has 0 aliphatic carbocycles. The molecule has 1 aliphatic heterocycles. The Morgan fingerprint density at radius 2 is 2.00 bits per heavy atom. The van der Waals surface area contributed by atoms with E-state index in [2.05, 4.69) is 10.3 Å². The summed E-state index contributed by atoms with van der Waals surface area (Å²) in [6.45, 7) is 2.87. The summed E-state index contributed by atoms with van der Waals surface area (Å²) in [5.74, 6) is 0.103. The van der Waals surface area contributed by atoms with Crippen LogP contribution < -0.4 is 10.2 Å². The molecule has 4 rings (SSSR count). The number of carbonyl (C=O) groups is 2. The van der Waals surface area contributed by atoms with Gasteiger partial charge in [0.25, 0.3) is 0 Å². The number of nitrogens with zero attached hydrogens (tertiary/aromatic N) is 3. The third kappa shape index (κ3) is 3.96. The van der Waals surface area contributed by atoms with Crippen molar-refractivity contribution in [1.29, 1.82) is 0 Å². The van der Waals surface area contributed by atoms with Crippen LogP contribution in [0.3, 0.4) is 0 Å². The molecule has 0 spiro atoms. The van der Waals surface area contributed by atoms with Crippen molar-refractivity contribution in [2.75, 3.05) is 30.4 Å². The van der Waals surface area contributed by atoms with E-state index in [4.69, 9.17) is 0 Å². The number of carbonyl (C=O) groups excluding carboxylic acids is 2. The van der Waals surface area contributed by atoms with Crippen molar-refractivity contribution in [2.24, 2.45) is 0 Å². The standard InChI is InChI=1S/C22H24N4O2S/c1-15(22-24-17-9-4-6-11-19(17)29-22)25(2)21(28)14-23-16-8-3-5-10-18(16)26-13-7-12-20(26)27/h3-6,8-11,15,23H,7,12-14H2,1-2H3/t15-/m1/s1. The van der Waals surface area contributed by atoms with Crippen LogP contribution in [0.5, 0.6) is 0 Å². The van der Waals surface area contributed by atoms with Crippen LogP contribution in [-0.4, -0.2) is 41.8 Å². The van der Waals surface area contributed by atoms with E-state index in [9.17, 15) is 9.59 Å². The second-order valence-electron chi connectivity index (χ2n) is 7.22. The largest absolute Gasteiger partial charge is 0.374 e. The molecular formula is C22H24N4O2S. The number of amides is 2. The number of hydrogen-bond acceptors (Lipinski definition) is 5. The van der Waals surface area contributed by atoms with Gasteiger partial charge in [-0.1, -0.05) is 24.3 Å². The van der Waals surface area contributed by atoms with Crippen molar-refractivity contribution in [3.63, 3.8) is 0 Å². The first kappa shape index (κ1) is 19.4. The molecule has 2 amide bonds. The Morgan fingerprint density at radius 1 is 1.24 bits per heavy atom. The van der Waals surface area contributed by atoms with Crippen molar-refractivity contribution >= 4 is 44.7 Å². The molecule has 0 radical (unpaired) electrons. The number of rotatable bonds is 6. The quantitative estimate of drug-likeness (QED) is 0.668. The number of thiazole rings is 1. The summed E-state index contributed by atoms with van der Waals surface area (Å²) < 4.78 is 1.12. The highest BCUT2D eigenvalue weighted by atomic mass is 32.1. The fourth-order valence-corrected chi connectivity index (χ4v) is 4.57. The van der Waals surface area contributed by atoms with Gasteiger partial charge in [-0.2, -0.15) is 0 Å². The number of fused-ring (bicyclic) bond motifs is 1. The van der Waals surface area contributed by atoms with Gasteiger partial charge < -0.3 is 15.1 Å². The molecule has 1 aliphatic rings. The molecule has 1 atom stereocenters. The van der Waals surface area contributed by atoms with Gasteiger partial charge in [-0.05, 0) is 37.6 Å². The molecule has 150 valence electrons. The van der Waals surface area contributed by atoms with E-state index < -0.39 is 0 Å². The fraction of sp³-hybridized carbons (Fsp3) is 0.318. The lowest BCUT2D eigenvalue weighted by Gasteiger charge is -2.25. The second kappa shape index (κ2) is 8.21. The van der Waals surface area contributed by atoms with Crippen LogP contribution in [0.4, 0.5) is 11.4 Å². The second-order valence-corrected chi connectivity index (χ2v) is 8.28. The molecule has 1 aromatic heterocycles. The number of anilines is 2. The van der Waals surface area contributed by atoms with Crippen LogP contribution in [0.15, 0.2) is 48.5 Å². The minimum absolute atomic E-state index is 0.0284. The Labute approximate surface area is 174 Å². The highest BCUT2D eigenvalue weighted by Gasteiger charge is 2.24. The van der Waals surface area contributed by atoms with Gasteiger partial charge in [0.1, 0.15) is 5.01 Å². The van der Waals surface area contributed by atoms with E-state index in [1.54, 1.807) is 28.2 Å². The Balaban J connectivity index is 1.44. The first-order valence-electron chi connectivity index (χ1n) is 9.79. The average molecular weight is 409 g/mol. The molecule has 29 heavy (non-hydrogen) atoms. The number of benzene rings is 2. The third-order valence-corrected chi connectivity index (χ3v) is 6.55. The molecule has 1 saturated heterocycles. The summed E-state index contributed by atoms with van der Waals surface area (Å²) in [4.78, 5) is 33.1. The summed E-state index contributed by atoms with van der Waals surface area (Å²) >= 11 is 1.62. The van der Waals surface area contributed by atoms with Crippen LogP contribution >= 0.6 is 11.3 Å². The normalized spacial score (nSPS) is 15.0. The van der Waals surface area contributed by atoms with Gasteiger partial charge in [0.2, 0.25) is 11.8 Å². The zero-order chi connectivity index (χ0) is 20.4. The van der Waals surface area contributed by atoms with Gasteiger partial charge in [-0.15, -0.1) is 11.3 Å². The highest BCUT2D eigenvalue weighted by Crippen LogP contribution is 2.30. The van der Waals surface area contributed by atoms with Gasteiger partial charge >= 0.3 is 0 Å². The molecule has 0 bridgehead atoms. The monoisotopic (exact) mass is 408 g/mol. The lowest BCUT2D eigenvalue weighted by molar-refractivity contribution is -0.129. The van der Waals surface area contributed by atoms with Crippen LogP contribution in [0, 0.1) is 0 Å². The Hall–Kier alpha value is -2.93. The summed E-state index contributed by atoms with van der Waals surface area (Å²) in [6, 6.07) is 15.5. The Kier molecular flexibility index (Phi) is 5.49. The lowest BCUT2D eigenvalue weighted by atomic mass is 10.2. The number of likely N-dealkylation sites (N-methyl/N-ethyl adjacent to an activating group) is 1. The molecule has 3 aromatic rings. The maximum atomic E-state index is 12.8. The summed E-state index contributed by atoms with van der Waals surface area (Å²) in [7, 11) is 1.80. The van der Waals surface area contributed by atoms with E-state index in [-0.39, 0.29) is 24.4 Å². The lowest BCUT2D eigenvalue weighted by Crippen LogP contribution is -2.34. The average Bonchev–Trinajstić information content (AvgIpc) is 3.37. The van der Waals surface area contributed by atoms with Crippen molar-refractivity contribution in [2.45, 2.75) is 25.8 Å². The van der Waals surface area contributed by atoms with Gasteiger partial charge in [0.05, 0.1) is 34.2 Å². The summed E-state index contributed by atoms with van der Waals surface area (Å²) in [6.07, 6.45) is 1.45. The van der Waals surface area contributed by atoms with Crippen molar-refractivity contribution in [3.8, 4) is 0 Å². The Bertz CT molecular complexity index is 1010. The van der Waals surface area contributed by atoms with Gasteiger partial charge in [0, 0.05) is 20.0 Å². The highest BCUT2D eigenvalue weighted by molar-refractivity contribution is 7.18. The first-order valence-corrected chi connectivity index (χ1v) is 10.6.